The molecule has 6 rings (SSSR count). The van der Waals surface area contributed by atoms with Crippen molar-refractivity contribution in [2.45, 2.75) is 23.9 Å². The number of carbonyl (C=O) groups excluding carboxylic acids is 1. The molecule has 1 aromatic heterocycles. The van der Waals surface area contributed by atoms with Gasteiger partial charge in [0.15, 0.2) is 0 Å². The van der Waals surface area contributed by atoms with Crippen LogP contribution < -0.4 is 4.90 Å². The predicted molar refractivity (Wildman–Crippen MR) is 163 cm³/mol. The number of nitrogens with zero attached hydrogens (tertiary/aromatic N) is 4. The summed E-state index contributed by atoms with van der Waals surface area (Å²) in [5, 5.41) is 0. The number of carbonyl (C=O) groups is 1. The van der Waals surface area contributed by atoms with Gasteiger partial charge in [-0.3, -0.25) is 4.90 Å². The monoisotopic (exact) mass is 544 g/mol. The highest BCUT2D eigenvalue weighted by atomic mass is 32.2. The zero-order valence-corrected chi connectivity index (χ0v) is 23.6. The highest BCUT2D eigenvalue weighted by Crippen LogP contribution is 2.42. The summed E-state index contributed by atoms with van der Waals surface area (Å²) < 4.78 is 2.28. The molecular weight excluding hydrogens is 512 g/mol. The van der Waals surface area contributed by atoms with Crippen molar-refractivity contribution in [2.24, 2.45) is 0 Å². The fourth-order valence-corrected chi connectivity index (χ4v) is 6.28. The van der Waals surface area contributed by atoms with Gasteiger partial charge in [0.2, 0.25) is 0 Å². The number of benzene rings is 4. The fraction of sp³-hybridized carbons (Fsp3) is 0.176. The average Bonchev–Trinajstić information content (AvgIpc) is 3.57. The molecule has 6 heteroatoms. The topological polar surface area (TPSA) is 41.4 Å². The van der Waals surface area contributed by atoms with Gasteiger partial charge in [0.05, 0.1) is 18.6 Å². The van der Waals surface area contributed by atoms with Crippen LogP contribution in [0.2, 0.25) is 0 Å². The van der Waals surface area contributed by atoms with Crippen molar-refractivity contribution in [1.82, 2.24) is 14.5 Å². The van der Waals surface area contributed by atoms with Crippen LogP contribution in [-0.4, -0.2) is 39.8 Å². The lowest BCUT2D eigenvalue weighted by atomic mass is 9.76. The highest BCUT2D eigenvalue weighted by molar-refractivity contribution is 7.98. The Kier molecular flexibility index (Phi) is 7.18. The molecule has 1 fully saturated rings. The van der Waals surface area contributed by atoms with E-state index in [-0.39, 0.29) is 6.03 Å². The summed E-state index contributed by atoms with van der Waals surface area (Å²) >= 11 is 1.68. The number of imidazole rings is 1. The first-order chi connectivity index (χ1) is 19.6. The zero-order chi connectivity index (χ0) is 27.5. The normalized spacial score (nSPS) is 13.7. The molecule has 0 aliphatic carbocycles. The second-order valence-corrected chi connectivity index (χ2v) is 10.9. The van der Waals surface area contributed by atoms with Gasteiger partial charge in [-0.25, -0.2) is 9.78 Å². The maximum atomic E-state index is 13.5. The zero-order valence-electron chi connectivity index (χ0n) is 22.8. The second kappa shape index (κ2) is 11.1. The van der Waals surface area contributed by atoms with Gasteiger partial charge in [-0.1, -0.05) is 97.1 Å². The van der Waals surface area contributed by atoms with Crippen LogP contribution in [0.3, 0.4) is 0 Å². The minimum Gasteiger partial charge on any atom is -0.317 e. The maximum Gasteiger partial charge on any atom is 0.324 e. The molecule has 1 saturated heterocycles. The predicted octanol–water partition coefficient (Wildman–Crippen LogP) is 7.20. The lowest BCUT2D eigenvalue weighted by Crippen LogP contribution is -2.38. The highest BCUT2D eigenvalue weighted by Gasteiger charge is 2.40. The summed E-state index contributed by atoms with van der Waals surface area (Å²) in [5.41, 5.74) is 5.70. The van der Waals surface area contributed by atoms with Crippen LogP contribution in [0.5, 0.6) is 0 Å². The molecule has 40 heavy (non-hydrogen) atoms. The molecule has 0 N–H and O–H groups in total. The van der Waals surface area contributed by atoms with Crippen molar-refractivity contribution in [3.8, 4) is 0 Å². The molecule has 0 saturated carbocycles. The number of urea groups is 1. The maximum absolute atomic E-state index is 13.5. The number of thioether (sulfide) groups is 1. The summed E-state index contributed by atoms with van der Waals surface area (Å²) in [5.74, 6) is 0. The van der Waals surface area contributed by atoms with Crippen molar-refractivity contribution >= 4 is 23.5 Å². The number of amides is 2. The lowest BCUT2D eigenvalue weighted by Gasteiger charge is -2.38. The van der Waals surface area contributed by atoms with E-state index < -0.39 is 5.54 Å². The first-order valence-corrected chi connectivity index (χ1v) is 14.8. The van der Waals surface area contributed by atoms with Crippen LogP contribution in [0.25, 0.3) is 0 Å². The van der Waals surface area contributed by atoms with Gasteiger partial charge in [-0.15, -0.1) is 11.8 Å². The molecule has 0 radical (unpaired) electrons. The summed E-state index contributed by atoms with van der Waals surface area (Å²) in [6.07, 6.45) is 3.99. The van der Waals surface area contributed by atoms with Crippen molar-refractivity contribution in [3.05, 3.63) is 150 Å². The molecule has 2 heterocycles. The van der Waals surface area contributed by atoms with Crippen LogP contribution in [0, 0.1) is 6.92 Å². The molecule has 4 aromatic carbocycles. The van der Waals surface area contributed by atoms with Crippen molar-refractivity contribution in [1.29, 1.82) is 0 Å². The lowest BCUT2D eigenvalue weighted by molar-refractivity contribution is 0.218. The van der Waals surface area contributed by atoms with Crippen LogP contribution in [0.1, 0.15) is 28.1 Å². The van der Waals surface area contributed by atoms with E-state index in [9.17, 15) is 4.79 Å². The third-order valence-corrected chi connectivity index (χ3v) is 8.57. The molecule has 0 bridgehead atoms. The third-order valence-electron chi connectivity index (χ3n) is 7.84. The van der Waals surface area contributed by atoms with Crippen molar-refractivity contribution in [2.75, 3.05) is 24.2 Å². The largest absolute Gasteiger partial charge is 0.324 e. The van der Waals surface area contributed by atoms with E-state index in [0.29, 0.717) is 19.6 Å². The Labute approximate surface area is 240 Å². The average molecular weight is 545 g/mol. The number of rotatable bonds is 8. The summed E-state index contributed by atoms with van der Waals surface area (Å²) in [6.45, 7) is 3.91. The van der Waals surface area contributed by atoms with Gasteiger partial charge < -0.3 is 9.47 Å². The number of hydrogen-bond acceptors (Lipinski definition) is 3. The van der Waals surface area contributed by atoms with Crippen LogP contribution in [0.4, 0.5) is 10.5 Å². The molecule has 1 aliphatic heterocycles. The minimum absolute atomic E-state index is 0.0210. The van der Waals surface area contributed by atoms with E-state index in [2.05, 4.69) is 121 Å². The van der Waals surface area contributed by atoms with Gasteiger partial charge in [0.25, 0.3) is 0 Å². The SMILES string of the molecule is CSc1cccc(N2CCN(Cc3ncn(C(c4ccccc4)(c4ccccc4)c4ccccc4)c3C)C2=O)c1. The van der Waals surface area contributed by atoms with Crippen molar-refractivity contribution in [3.63, 3.8) is 0 Å². The Morgan fingerprint density at radius 3 is 1.90 bits per heavy atom. The van der Waals surface area contributed by atoms with Gasteiger partial charge in [-0.2, -0.15) is 0 Å². The van der Waals surface area contributed by atoms with Crippen LogP contribution in [-0.2, 0) is 12.1 Å². The summed E-state index contributed by atoms with van der Waals surface area (Å²) in [7, 11) is 0. The van der Waals surface area contributed by atoms with Gasteiger partial charge in [0, 0.05) is 29.4 Å². The van der Waals surface area contributed by atoms with E-state index in [1.54, 1.807) is 11.8 Å². The Balaban J connectivity index is 1.41. The molecule has 0 atom stereocenters. The molecule has 2 amide bonds. The van der Waals surface area contributed by atoms with E-state index in [0.717, 1.165) is 38.7 Å². The van der Waals surface area contributed by atoms with Gasteiger partial charge >= 0.3 is 6.03 Å². The molecular formula is C34H32N4OS. The molecule has 5 aromatic rings. The van der Waals surface area contributed by atoms with Gasteiger partial charge in [-0.05, 0) is 48.1 Å². The molecule has 5 nitrogen and oxygen atoms in total. The van der Waals surface area contributed by atoms with E-state index in [1.807, 2.05) is 28.3 Å². The molecule has 0 spiro atoms. The summed E-state index contributed by atoms with van der Waals surface area (Å²) in [4.78, 5) is 23.4. The summed E-state index contributed by atoms with van der Waals surface area (Å²) in [6, 6.07) is 40.0. The third kappa shape index (κ3) is 4.48. The molecule has 0 unspecified atom stereocenters. The van der Waals surface area contributed by atoms with Crippen molar-refractivity contribution < 1.29 is 4.79 Å². The van der Waals surface area contributed by atoms with Gasteiger partial charge in [0.1, 0.15) is 5.54 Å². The quantitative estimate of drug-likeness (QED) is 0.153. The first-order valence-electron chi connectivity index (χ1n) is 13.5. The Hall–Kier alpha value is -4.29. The number of hydrogen-bond donors (Lipinski definition) is 0. The molecule has 200 valence electrons. The first kappa shape index (κ1) is 26.0. The number of anilines is 1. The Bertz CT molecular complexity index is 1500. The second-order valence-electron chi connectivity index (χ2n) is 10.0. The van der Waals surface area contributed by atoms with E-state index in [1.165, 1.54) is 0 Å². The standard InChI is InChI=1S/C34H32N4OS/c1-26-32(24-36-21-22-37(33(36)39)30-19-12-20-31(23-30)40-2)35-25-38(26)34(27-13-6-3-7-14-27,28-15-8-4-9-16-28)29-17-10-5-11-18-29/h3-20,23,25H,21-22,24H2,1-2H3. The smallest absolute Gasteiger partial charge is 0.317 e. The minimum atomic E-state index is -0.627. The Morgan fingerprint density at radius 2 is 1.35 bits per heavy atom. The van der Waals surface area contributed by atoms with Crippen LogP contribution in [0.15, 0.2) is 126 Å². The number of aromatic nitrogens is 2. The van der Waals surface area contributed by atoms with E-state index >= 15 is 0 Å². The fourth-order valence-electron chi connectivity index (χ4n) is 5.82. The Morgan fingerprint density at radius 1 is 0.775 bits per heavy atom. The molecule has 1 aliphatic rings. The van der Waals surface area contributed by atoms with E-state index in [4.69, 9.17) is 4.98 Å². The van der Waals surface area contributed by atoms with Crippen LogP contribution >= 0.6 is 11.8 Å².